The SMILES string of the molecule is C=CCN(CCN1CCOCC1)C(=O)C1N([C@H](CO)c2ccccc2)C(=O)[C@@H]2[C@@H](C(=O)O)[C@@]3(CC)CCC12O3. The minimum atomic E-state index is -1.27. The summed E-state index contributed by atoms with van der Waals surface area (Å²) >= 11 is 0. The van der Waals surface area contributed by atoms with Crippen LogP contribution in [-0.4, -0.2) is 112 Å². The summed E-state index contributed by atoms with van der Waals surface area (Å²) in [5.74, 6) is -3.88. The molecule has 212 valence electrons. The van der Waals surface area contributed by atoms with Crippen LogP contribution in [0.5, 0.6) is 0 Å². The predicted octanol–water partition coefficient (Wildman–Crippen LogP) is 1.31. The van der Waals surface area contributed by atoms with Gasteiger partial charge in [0.25, 0.3) is 0 Å². The molecule has 10 nitrogen and oxygen atoms in total. The van der Waals surface area contributed by atoms with E-state index in [2.05, 4.69) is 11.5 Å². The lowest BCUT2D eigenvalue weighted by Gasteiger charge is -2.40. The van der Waals surface area contributed by atoms with Gasteiger partial charge in [-0.05, 0) is 24.8 Å². The first-order valence-corrected chi connectivity index (χ1v) is 13.9. The van der Waals surface area contributed by atoms with Crippen molar-refractivity contribution in [2.45, 2.75) is 49.5 Å². The zero-order chi connectivity index (χ0) is 27.8. The number of nitrogens with zero attached hydrogens (tertiary/aromatic N) is 3. The maximum Gasteiger partial charge on any atom is 0.310 e. The highest BCUT2D eigenvalue weighted by molar-refractivity contribution is 5.98. The fraction of sp³-hybridized carbons (Fsp3) is 0.621. The Balaban J connectivity index is 1.55. The van der Waals surface area contributed by atoms with Crippen LogP contribution in [0.15, 0.2) is 43.0 Å². The number of carboxylic acids is 1. The highest BCUT2D eigenvalue weighted by atomic mass is 16.5. The number of benzene rings is 1. The summed E-state index contributed by atoms with van der Waals surface area (Å²) < 4.78 is 12.1. The molecule has 10 heteroatoms. The molecule has 4 aliphatic rings. The predicted molar refractivity (Wildman–Crippen MR) is 142 cm³/mol. The van der Waals surface area contributed by atoms with Gasteiger partial charge in [-0.3, -0.25) is 19.3 Å². The van der Waals surface area contributed by atoms with Crippen LogP contribution < -0.4 is 0 Å². The molecule has 0 aliphatic carbocycles. The molecular formula is C29H39N3O7. The first-order valence-electron chi connectivity index (χ1n) is 13.9. The number of hydrogen-bond acceptors (Lipinski definition) is 7. The molecule has 4 aliphatic heterocycles. The van der Waals surface area contributed by atoms with Gasteiger partial charge >= 0.3 is 5.97 Å². The van der Waals surface area contributed by atoms with Crippen molar-refractivity contribution in [3.8, 4) is 0 Å². The second-order valence-corrected chi connectivity index (χ2v) is 11.1. The van der Waals surface area contributed by atoms with Gasteiger partial charge in [-0.25, -0.2) is 0 Å². The Bertz CT molecular complexity index is 1090. The third kappa shape index (κ3) is 4.47. The Labute approximate surface area is 229 Å². The van der Waals surface area contributed by atoms with Crippen molar-refractivity contribution in [1.29, 1.82) is 0 Å². The number of hydrogen-bond donors (Lipinski definition) is 2. The van der Waals surface area contributed by atoms with E-state index in [4.69, 9.17) is 9.47 Å². The third-order valence-electron chi connectivity index (χ3n) is 9.26. The lowest BCUT2D eigenvalue weighted by atomic mass is 9.65. The van der Waals surface area contributed by atoms with Gasteiger partial charge in [0.2, 0.25) is 11.8 Å². The lowest BCUT2D eigenvalue weighted by molar-refractivity contribution is -0.160. The maximum atomic E-state index is 14.5. The number of aliphatic carboxylic acids is 1. The van der Waals surface area contributed by atoms with Crippen LogP contribution >= 0.6 is 0 Å². The molecule has 6 atom stereocenters. The number of fused-ring (bicyclic) bond motifs is 1. The number of carbonyl (C=O) groups is 3. The molecule has 5 rings (SSSR count). The van der Waals surface area contributed by atoms with Crippen LogP contribution in [0.1, 0.15) is 37.8 Å². The maximum absolute atomic E-state index is 14.5. The summed E-state index contributed by atoms with van der Waals surface area (Å²) in [6, 6.07) is 7.21. The molecule has 0 aromatic heterocycles. The number of amides is 2. The van der Waals surface area contributed by atoms with Crippen LogP contribution in [-0.2, 0) is 23.9 Å². The molecule has 4 fully saturated rings. The summed E-state index contributed by atoms with van der Waals surface area (Å²) in [6.07, 6.45) is 2.97. The fourth-order valence-corrected chi connectivity index (χ4v) is 7.38. The van der Waals surface area contributed by atoms with Crippen LogP contribution in [0, 0.1) is 11.8 Å². The fourth-order valence-electron chi connectivity index (χ4n) is 7.38. The normalized spacial score (nSPS) is 32.7. The van der Waals surface area contributed by atoms with Crippen LogP contribution in [0.2, 0.25) is 0 Å². The lowest BCUT2D eigenvalue weighted by Crippen LogP contribution is -2.58. The molecule has 39 heavy (non-hydrogen) atoms. The van der Waals surface area contributed by atoms with E-state index in [0.717, 1.165) is 13.1 Å². The quantitative estimate of drug-likeness (QED) is 0.403. The monoisotopic (exact) mass is 541 g/mol. The molecule has 2 amide bonds. The molecule has 2 bridgehead atoms. The molecule has 0 saturated carbocycles. The Hall–Kier alpha value is -2.79. The molecular weight excluding hydrogens is 502 g/mol. The Morgan fingerprint density at radius 1 is 1.23 bits per heavy atom. The number of likely N-dealkylation sites (tertiary alicyclic amines) is 1. The number of ether oxygens (including phenoxy) is 2. The zero-order valence-electron chi connectivity index (χ0n) is 22.5. The topological polar surface area (TPSA) is 120 Å². The van der Waals surface area contributed by atoms with Crippen LogP contribution in [0.3, 0.4) is 0 Å². The average Bonchev–Trinajstić information content (AvgIpc) is 3.56. The highest BCUT2D eigenvalue weighted by Crippen LogP contribution is 2.65. The second-order valence-electron chi connectivity index (χ2n) is 11.1. The van der Waals surface area contributed by atoms with Gasteiger partial charge in [0, 0.05) is 32.7 Å². The standard InChI is InChI=1S/C29H39N3O7/c1-3-12-31(14-13-30-15-17-38-18-16-30)26(35)24-29-11-10-28(4-2,39-29)23(27(36)37)22(29)25(34)32(24)21(19-33)20-8-6-5-7-9-20/h3,5-9,21-24,33H,1,4,10-19H2,2H3,(H,36,37)/t21-,22+,23+,24?,28-,29?/m1/s1. The second kappa shape index (κ2) is 11.0. The largest absolute Gasteiger partial charge is 0.481 e. The van der Waals surface area contributed by atoms with Crippen molar-refractivity contribution >= 4 is 17.8 Å². The van der Waals surface area contributed by atoms with Crippen molar-refractivity contribution in [3.63, 3.8) is 0 Å². The summed E-state index contributed by atoms with van der Waals surface area (Å²) in [5, 5.41) is 20.9. The van der Waals surface area contributed by atoms with E-state index in [1.165, 1.54) is 4.90 Å². The summed E-state index contributed by atoms with van der Waals surface area (Å²) in [7, 11) is 0. The van der Waals surface area contributed by atoms with E-state index in [-0.39, 0.29) is 12.5 Å². The van der Waals surface area contributed by atoms with Gasteiger partial charge in [-0.1, -0.05) is 43.3 Å². The Morgan fingerprint density at radius 2 is 1.95 bits per heavy atom. The number of carboxylic acid groups (broad SMARTS) is 1. The minimum Gasteiger partial charge on any atom is -0.481 e. The molecule has 4 heterocycles. The summed E-state index contributed by atoms with van der Waals surface area (Å²) in [5.41, 5.74) is -1.58. The number of carbonyl (C=O) groups excluding carboxylic acids is 2. The van der Waals surface area contributed by atoms with Crippen molar-refractivity contribution in [3.05, 3.63) is 48.6 Å². The van der Waals surface area contributed by atoms with Gasteiger partial charge in [-0.2, -0.15) is 0 Å². The van der Waals surface area contributed by atoms with E-state index >= 15 is 0 Å². The number of aliphatic hydroxyl groups excluding tert-OH is 1. The van der Waals surface area contributed by atoms with Gasteiger partial charge in [0.1, 0.15) is 17.6 Å². The van der Waals surface area contributed by atoms with E-state index in [1.807, 2.05) is 37.3 Å². The van der Waals surface area contributed by atoms with Crippen LogP contribution in [0.25, 0.3) is 0 Å². The van der Waals surface area contributed by atoms with E-state index < -0.39 is 53.6 Å². The molecule has 2 unspecified atom stereocenters. The molecule has 1 spiro atoms. The molecule has 2 N–H and O–H groups in total. The van der Waals surface area contributed by atoms with Gasteiger partial charge < -0.3 is 29.5 Å². The number of morpholine rings is 1. The Morgan fingerprint density at radius 3 is 2.56 bits per heavy atom. The molecule has 1 aromatic carbocycles. The minimum absolute atomic E-state index is 0.277. The zero-order valence-corrected chi connectivity index (χ0v) is 22.5. The molecule has 0 radical (unpaired) electrons. The van der Waals surface area contributed by atoms with Crippen molar-refractivity contribution in [1.82, 2.24) is 14.7 Å². The van der Waals surface area contributed by atoms with Crippen molar-refractivity contribution in [2.24, 2.45) is 11.8 Å². The van der Waals surface area contributed by atoms with E-state index in [1.54, 1.807) is 11.0 Å². The smallest absolute Gasteiger partial charge is 0.310 e. The van der Waals surface area contributed by atoms with Gasteiger partial charge in [0.15, 0.2) is 0 Å². The summed E-state index contributed by atoms with van der Waals surface area (Å²) in [6.45, 7) is 9.49. The number of aliphatic hydroxyl groups is 1. The molecule has 1 aromatic rings. The molecule has 4 saturated heterocycles. The first-order chi connectivity index (χ1) is 18.8. The van der Waals surface area contributed by atoms with E-state index in [9.17, 15) is 24.6 Å². The van der Waals surface area contributed by atoms with E-state index in [0.29, 0.717) is 51.1 Å². The number of rotatable bonds is 11. The average molecular weight is 542 g/mol. The highest BCUT2D eigenvalue weighted by Gasteiger charge is 2.79. The summed E-state index contributed by atoms with van der Waals surface area (Å²) in [4.78, 5) is 46.8. The van der Waals surface area contributed by atoms with Crippen molar-refractivity contribution in [2.75, 3.05) is 52.5 Å². The first kappa shape index (κ1) is 27.8. The Kier molecular flexibility index (Phi) is 7.83. The van der Waals surface area contributed by atoms with Gasteiger partial charge in [-0.15, -0.1) is 6.58 Å². The van der Waals surface area contributed by atoms with Crippen molar-refractivity contribution < 1.29 is 34.1 Å². The van der Waals surface area contributed by atoms with Crippen LogP contribution in [0.4, 0.5) is 0 Å². The van der Waals surface area contributed by atoms with Gasteiger partial charge in [0.05, 0.1) is 37.4 Å². The third-order valence-corrected chi connectivity index (χ3v) is 9.26.